The highest BCUT2D eigenvalue weighted by molar-refractivity contribution is 5.75. The van der Waals surface area contributed by atoms with Crippen molar-refractivity contribution >= 4 is 6.03 Å². The first-order chi connectivity index (χ1) is 10.4. The van der Waals surface area contributed by atoms with Crippen LogP contribution < -0.4 is 10.6 Å². The number of carbonyl (C=O) groups excluding carboxylic acids is 1. The molecule has 5 heteroatoms. The van der Waals surface area contributed by atoms with Crippen molar-refractivity contribution in [2.45, 2.75) is 65.5 Å². The minimum atomic E-state index is 0.0634. The summed E-state index contributed by atoms with van der Waals surface area (Å²) in [5.41, 5.74) is 0.223. The summed E-state index contributed by atoms with van der Waals surface area (Å²) in [4.78, 5) is 14.7. The molecule has 0 aromatic rings. The van der Waals surface area contributed by atoms with Gasteiger partial charge in [0.25, 0.3) is 0 Å². The first-order valence-corrected chi connectivity index (χ1v) is 8.70. The number of urea groups is 1. The molecule has 1 atom stereocenters. The number of hydrogen-bond donors (Lipinski definition) is 2. The van der Waals surface area contributed by atoms with Gasteiger partial charge in [0.05, 0.1) is 6.61 Å². The van der Waals surface area contributed by atoms with Gasteiger partial charge in [-0.25, -0.2) is 4.79 Å². The number of amides is 2. The van der Waals surface area contributed by atoms with Gasteiger partial charge in [-0.1, -0.05) is 27.7 Å². The topological polar surface area (TPSA) is 53.6 Å². The molecule has 0 aromatic heterocycles. The van der Waals surface area contributed by atoms with E-state index in [-0.39, 0.29) is 23.5 Å². The van der Waals surface area contributed by atoms with Crippen molar-refractivity contribution in [3.63, 3.8) is 0 Å². The predicted octanol–water partition coefficient (Wildman–Crippen LogP) is 2.61. The second kappa shape index (κ2) is 9.36. The molecule has 1 fully saturated rings. The molecule has 1 aliphatic rings. The van der Waals surface area contributed by atoms with Crippen LogP contribution in [-0.2, 0) is 4.74 Å². The van der Waals surface area contributed by atoms with Crippen LogP contribution in [-0.4, -0.2) is 56.4 Å². The van der Waals surface area contributed by atoms with E-state index in [2.05, 4.69) is 38.3 Å². The number of rotatable bonds is 7. The van der Waals surface area contributed by atoms with E-state index in [1.165, 1.54) is 0 Å². The fraction of sp³-hybridized carbons (Fsp3) is 0.941. The Balaban J connectivity index is 2.67. The fourth-order valence-corrected chi connectivity index (χ4v) is 3.29. The van der Waals surface area contributed by atoms with Crippen LogP contribution in [0, 0.1) is 5.41 Å². The molecule has 2 N–H and O–H groups in total. The molecular weight excluding hydrogens is 278 g/mol. The van der Waals surface area contributed by atoms with Gasteiger partial charge in [-0.15, -0.1) is 0 Å². The van der Waals surface area contributed by atoms with Gasteiger partial charge in [0.2, 0.25) is 0 Å². The molecule has 0 aliphatic carbocycles. The molecule has 0 aromatic carbocycles. The third-order valence-corrected chi connectivity index (χ3v) is 4.58. The maximum atomic E-state index is 12.7. The molecule has 22 heavy (non-hydrogen) atoms. The lowest BCUT2D eigenvalue weighted by Gasteiger charge is -2.33. The van der Waals surface area contributed by atoms with Gasteiger partial charge in [-0.05, 0) is 37.6 Å². The summed E-state index contributed by atoms with van der Waals surface area (Å²) in [5, 5.41) is 6.73. The highest BCUT2D eigenvalue weighted by Gasteiger charge is 2.29. The first-order valence-electron chi connectivity index (χ1n) is 8.70. The molecule has 1 rings (SSSR count). The number of nitrogens with zero attached hydrogens (tertiary/aromatic N) is 1. The lowest BCUT2D eigenvalue weighted by molar-refractivity contribution is 0.122. The minimum Gasteiger partial charge on any atom is -0.383 e. The Hall–Kier alpha value is -0.810. The van der Waals surface area contributed by atoms with Crippen molar-refractivity contribution in [2.24, 2.45) is 5.41 Å². The Morgan fingerprint density at radius 3 is 2.68 bits per heavy atom. The Morgan fingerprint density at radius 1 is 1.41 bits per heavy atom. The van der Waals surface area contributed by atoms with Gasteiger partial charge < -0.3 is 20.3 Å². The summed E-state index contributed by atoms with van der Waals surface area (Å²) >= 11 is 0. The first kappa shape index (κ1) is 19.2. The van der Waals surface area contributed by atoms with Crippen LogP contribution in [0.15, 0.2) is 0 Å². The summed E-state index contributed by atoms with van der Waals surface area (Å²) in [6.07, 6.45) is 3.97. The molecule has 2 amide bonds. The zero-order valence-electron chi connectivity index (χ0n) is 15.1. The number of nitrogens with one attached hydrogen (secondary N) is 2. The number of carbonyl (C=O) groups is 1. The van der Waals surface area contributed by atoms with E-state index in [0.29, 0.717) is 13.2 Å². The molecule has 5 nitrogen and oxygen atoms in total. The van der Waals surface area contributed by atoms with E-state index in [9.17, 15) is 4.79 Å². The van der Waals surface area contributed by atoms with Gasteiger partial charge in [0.15, 0.2) is 0 Å². The van der Waals surface area contributed by atoms with Gasteiger partial charge in [0.1, 0.15) is 0 Å². The van der Waals surface area contributed by atoms with Crippen LogP contribution in [0.2, 0.25) is 0 Å². The summed E-state index contributed by atoms with van der Waals surface area (Å²) < 4.78 is 5.17. The normalized spacial score (nSPS) is 21.5. The van der Waals surface area contributed by atoms with E-state index in [1.807, 2.05) is 4.90 Å². The van der Waals surface area contributed by atoms with Crippen molar-refractivity contribution in [3.05, 3.63) is 0 Å². The van der Waals surface area contributed by atoms with Crippen LogP contribution in [0.25, 0.3) is 0 Å². The monoisotopic (exact) mass is 313 g/mol. The summed E-state index contributed by atoms with van der Waals surface area (Å²) in [7, 11) is 1.68. The van der Waals surface area contributed by atoms with E-state index >= 15 is 0 Å². The predicted molar refractivity (Wildman–Crippen MR) is 91.2 cm³/mol. The zero-order valence-corrected chi connectivity index (χ0v) is 15.1. The van der Waals surface area contributed by atoms with E-state index in [4.69, 9.17) is 4.74 Å². The Bertz CT molecular complexity index is 330. The standard InChI is InChI=1S/C17H35N3O2/c1-6-15(7-2)20(10-11-22-5)16(21)19-14-8-9-18-13-17(3,4)12-14/h14-15,18H,6-13H2,1-5H3,(H,19,21). The third kappa shape index (κ3) is 6.13. The molecule has 1 unspecified atom stereocenters. The largest absolute Gasteiger partial charge is 0.383 e. The van der Waals surface area contributed by atoms with Crippen LogP contribution >= 0.6 is 0 Å². The molecule has 1 aliphatic heterocycles. The highest BCUT2D eigenvalue weighted by Crippen LogP contribution is 2.25. The highest BCUT2D eigenvalue weighted by atomic mass is 16.5. The summed E-state index contributed by atoms with van der Waals surface area (Å²) in [6, 6.07) is 0.595. The molecule has 0 saturated carbocycles. The molecule has 130 valence electrons. The van der Waals surface area contributed by atoms with Crippen molar-refractivity contribution in [1.82, 2.24) is 15.5 Å². The molecular formula is C17H35N3O2. The average molecular weight is 313 g/mol. The van der Waals surface area contributed by atoms with E-state index in [1.54, 1.807) is 7.11 Å². The summed E-state index contributed by atoms with van der Waals surface area (Å²) in [6.45, 7) is 12.0. The lowest BCUT2D eigenvalue weighted by atomic mass is 9.86. The van der Waals surface area contributed by atoms with Crippen molar-refractivity contribution < 1.29 is 9.53 Å². The van der Waals surface area contributed by atoms with Crippen LogP contribution in [0.5, 0.6) is 0 Å². The maximum Gasteiger partial charge on any atom is 0.317 e. The van der Waals surface area contributed by atoms with Gasteiger partial charge >= 0.3 is 6.03 Å². The molecule has 0 bridgehead atoms. The van der Waals surface area contributed by atoms with Gasteiger partial charge in [-0.2, -0.15) is 0 Å². The van der Waals surface area contributed by atoms with Crippen LogP contribution in [0.1, 0.15) is 53.4 Å². The Kier molecular flexibility index (Phi) is 8.18. The number of hydrogen-bond acceptors (Lipinski definition) is 3. The molecule has 1 saturated heterocycles. The number of ether oxygens (including phenoxy) is 1. The van der Waals surface area contributed by atoms with Gasteiger partial charge in [0, 0.05) is 32.3 Å². The van der Waals surface area contributed by atoms with Crippen molar-refractivity contribution in [1.29, 1.82) is 0 Å². The molecule has 0 radical (unpaired) electrons. The van der Waals surface area contributed by atoms with Crippen molar-refractivity contribution in [3.8, 4) is 0 Å². The second-order valence-electron chi connectivity index (χ2n) is 7.14. The minimum absolute atomic E-state index is 0.0634. The third-order valence-electron chi connectivity index (χ3n) is 4.58. The molecule has 1 heterocycles. The smallest absolute Gasteiger partial charge is 0.317 e. The Morgan fingerprint density at radius 2 is 2.09 bits per heavy atom. The Labute approximate surface area is 136 Å². The van der Waals surface area contributed by atoms with Crippen molar-refractivity contribution in [2.75, 3.05) is 33.4 Å². The second-order valence-corrected chi connectivity index (χ2v) is 7.14. The maximum absolute atomic E-state index is 12.7. The van der Waals surface area contributed by atoms with E-state index < -0.39 is 0 Å². The van der Waals surface area contributed by atoms with Gasteiger partial charge in [-0.3, -0.25) is 0 Å². The quantitative estimate of drug-likeness (QED) is 0.759. The van der Waals surface area contributed by atoms with E-state index in [0.717, 1.165) is 38.8 Å². The SMILES string of the molecule is CCC(CC)N(CCOC)C(=O)NC1CCNCC(C)(C)C1. The lowest BCUT2D eigenvalue weighted by Crippen LogP contribution is -2.50. The fourth-order valence-electron chi connectivity index (χ4n) is 3.29. The molecule has 0 spiro atoms. The average Bonchev–Trinajstić information content (AvgIpc) is 2.63. The number of methoxy groups -OCH3 is 1. The van der Waals surface area contributed by atoms with Crippen LogP contribution in [0.4, 0.5) is 4.79 Å². The zero-order chi connectivity index (χ0) is 16.6. The van der Waals surface area contributed by atoms with Crippen LogP contribution in [0.3, 0.4) is 0 Å². The summed E-state index contributed by atoms with van der Waals surface area (Å²) in [5.74, 6) is 0.